The number of phenols is 1. The van der Waals surface area contributed by atoms with Gasteiger partial charge in [-0.25, -0.2) is 9.59 Å². The summed E-state index contributed by atoms with van der Waals surface area (Å²) in [7, 11) is 1.11. The van der Waals surface area contributed by atoms with Crippen LogP contribution in [0.5, 0.6) is 11.5 Å². The number of carbonyl (C=O) groups is 3. The highest BCUT2D eigenvalue weighted by Crippen LogP contribution is 2.38. The Morgan fingerprint density at radius 1 is 1.27 bits per heavy atom. The van der Waals surface area contributed by atoms with E-state index in [4.69, 9.17) is 9.47 Å². The molecule has 0 bridgehead atoms. The lowest BCUT2D eigenvalue weighted by atomic mass is 10.1. The van der Waals surface area contributed by atoms with Gasteiger partial charge in [0, 0.05) is 19.2 Å². The molecule has 1 unspecified atom stereocenters. The van der Waals surface area contributed by atoms with Gasteiger partial charge < -0.3 is 24.2 Å². The maximum Gasteiger partial charge on any atom is 0.514 e. The first-order valence-corrected chi connectivity index (χ1v) is 10.0. The predicted octanol–water partition coefficient (Wildman–Crippen LogP) is 2.93. The van der Waals surface area contributed by atoms with Gasteiger partial charge in [0.2, 0.25) is 11.9 Å². The number of carbonyl (C=O) groups excluding carboxylic acids is 3. The Bertz CT molecular complexity index is 978. The van der Waals surface area contributed by atoms with Crippen molar-refractivity contribution in [3.05, 3.63) is 33.4 Å². The second-order valence-electron chi connectivity index (χ2n) is 6.56. The van der Waals surface area contributed by atoms with Crippen LogP contribution in [-0.2, 0) is 19.1 Å². The van der Waals surface area contributed by atoms with Crippen LogP contribution in [-0.4, -0.2) is 59.3 Å². The van der Waals surface area contributed by atoms with Crippen LogP contribution in [0, 0.1) is 21.4 Å². The number of nitriles is 1. The quantitative estimate of drug-likeness (QED) is 0.136. The first kappa shape index (κ1) is 26.9. The van der Waals surface area contributed by atoms with Crippen LogP contribution in [0.25, 0.3) is 6.08 Å². The highest BCUT2D eigenvalue weighted by atomic mass is 16.7. The van der Waals surface area contributed by atoms with Crippen LogP contribution in [0.2, 0.25) is 0 Å². The maximum absolute atomic E-state index is 12.5. The zero-order valence-corrected chi connectivity index (χ0v) is 18.7. The first-order valence-electron chi connectivity index (χ1n) is 10.0. The van der Waals surface area contributed by atoms with E-state index < -0.39 is 46.2 Å². The molecule has 0 radical (unpaired) electrons. The number of hydrogen-bond donors (Lipinski definition) is 1. The molecule has 0 saturated carbocycles. The van der Waals surface area contributed by atoms with Crippen molar-refractivity contribution in [2.75, 3.05) is 20.2 Å². The predicted molar refractivity (Wildman–Crippen MR) is 114 cm³/mol. The topological polar surface area (TPSA) is 169 Å². The van der Waals surface area contributed by atoms with E-state index in [0.717, 1.165) is 25.3 Å². The second kappa shape index (κ2) is 12.7. The molecule has 0 fully saturated rings. The van der Waals surface area contributed by atoms with Crippen LogP contribution in [0.1, 0.15) is 39.2 Å². The molecule has 12 nitrogen and oxygen atoms in total. The second-order valence-corrected chi connectivity index (χ2v) is 6.56. The molecular formula is C21H25N3O9. The van der Waals surface area contributed by atoms with Crippen molar-refractivity contribution in [3.63, 3.8) is 0 Å². The summed E-state index contributed by atoms with van der Waals surface area (Å²) >= 11 is 0. The lowest BCUT2D eigenvalue weighted by Crippen LogP contribution is -2.31. The van der Waals surface area contributed by atoms with Gasteiger partial charge in [0.15, 0.2) is 5.75 Å². The van der Waals surface area contributed by atoms with E-state index in [9.17, 15) is 34.9 Å². The standard InChI is InChI=1S/C21H25N3O9/c1-5-8-16(20(27)31-4)32-21(28)33-17-11-13(10-15(18(17)25)24(29)30)9-14(12-22)19(26)23(6-2)7-3/h9-11,16,25H,5-8H2,1-4H3. The minimum absolute atomic E-state index is 0.0579. The molecule has 0 aliphatic carbocycles. The van der Waals surface area contributed by atoms with Crippen LogP contribution < -0.4 is 4.74 Å². The number of amides is 1. The van der Waals surface area contributed by atoms with Gasteiger partial charge in [0.05, 0.1) is 12.0 Å². The molecule has 0 aromatic heterocycles. The number of benzene rings is 1. The van der Waals surface area contributed by atoms with E-state index in [2.05, 4.69) is 4.74 Å². The van der Waals surface area contributed by atoms with Crippen LogP contribution in [0.3, 0.4) is 0 Å². The first-order chi connectivity index (χ1) is 15.6. The molecule has 1 N–H and O–H groups in total. The Labute approximate surface area is 190 Å². The third-order valence-corrected chi connectivity index (χ3v) is 4.43. The molecule has 1 amide bonds. The average molecular weight is 463 g/mol. The van der Waals surface area contributed by atoms with E-state index in [1.54, 1.807) is 26.8 Å². The lowest BCUT2D eigenvalue weighted by Gasteiger charge is -2.17. The molecule has 12 heteroatoms. The maximum atomic E-state index is 12.5. The zero-order chi connectivity index (χ0) is 25.1. The summed E-state index contributed by atoms with van der Waals surface area (Å²) in [4.78, 5) is 48.1. The Morgan fingerprint density at radius 3 is 2.39 bits per heavy atom. The van der Waals surface area contributed by atoms with Crippen LogP contribution in [0.15, 0.2) is 17.7 Å². The van der Waals surface area contributed by atoms with Gasteiger partial charge >= 0.3 is 17.8 Å². The van der Waals surface area contributed by atoms with Crippen molar-refractivity contribution in [2.24, 2.45) is 0 Å². The Balaban J connectivity index is 3.36. The molecule has 0 spiro atoms. The Hall–Kier alpha value is -4.14. The molecule has 33 heavy (non-hydrogen) atoms. The molecule has 1 aromatic carbocycles. The number of methoxy groups -OCH3 is 1. The molecule has 0 saturated heterocycles. The van der Waals surface area contributed by atoms with Crippen LogP contribution >= 0.6 is 0 Å². The molecule has 178 valence electrons. The fraction of sp³-hybridized carbons (Fsp3) is 0.429. The Morgan fingerprint density at radius 2 is 1.91 bits per heavy atom. The summed E-state index contributed by atoms with van der Waals surface area (Å²) in [5.74, 6) is -3.06. The number of ether oxygens (including phenoxy) is 3. The van der Waals surface area contributed by atoms with E-state index >= 15 is 0 Å². The van der Waals surface area contributed by atoms with E-state index in [0.29, 0.717) is 19.5 Å². The summed E-state index contributed by atoms with van der Waals surface area (Å²) in [6.45, 7) is 5.85. The number of nitro benzene ring substituents is 1. The number of rotatable bonds is 10. The molecule has 1 aromatic rings. The van der Waals surface area contributed by atoms with Gasteiger partial charge in [-0.1, -0.05) is 13.3 Å². The monoisotopic (exact) mass is 463 g/mol. The van der Waals surface area contributed by atoms with Gasteiger partial charge in [0.25, 0.3) is 5.91 Å². The van der Waals surface area contributed by atoms with E-state index in [1.165, 1.54) is 4.90 Å². The molecule has 0 aliphatic heterocycles. The van der Waals surface area contributed by atoms with Gasteiger partial charge in [0.1, 0.15) is 11.6 Å². The minimum Gasteiger partial charge on any atom is -0.499 e. The minimum atomic E-state index is -1.41. The van der Waals surface area contributed by atoms with Gasteiger partial charge in [-0.2, -0.15) is 5.26 Å². The fourth-order valence-electron chi connectivity index (χ4n) is 2.75. The summed E-state index contributed by atoms with van der Waals surface area (Å²) in [5, 5.41) is 30.9. The van der Waals surface area contributed by atoms with Crippen molar-refractivity contribution >= 4 is 29.8 Å². The number of nitrogens with zero attached hydrogens (tertiary/aromatic N) is 3. The SMILES string of the molecule is CCCC(OC(=O)Oc1cc(C=C(C#N)C(=O)N(CC)CC)cc([N+](=O)[O-])c1O)C(=O)OC. The van der Waals surface area contributed by atoms with Crippen molar-refractivity contribution < 1.29 is 38.6 Å². The van der Waals surface area contributed by atoms with Crippen LogP contribution in [0.4, 0.5) is 10.5 Å². The molecule has 0 heterocycles. The molecule has 0 aliphatic rings. The summed E-state index contributed by atoms with van der Waals surface area (Å²) in [6, 6.07) is 3.66. The molecule has 1 rings (SSSR count). The van der Waals surface area contributed by atoms with Crippen molar-refractivity contribution in [1.29, 1.82) is 5.26 Å². The third kappa shape index (κ3) is 7.20. The Kier molecular flexibility index (Phi) is 10.3. The highest BCUT2D eigenvalue weighted by molar-refractivity contribution is 6.01. The lowest BCUT2D eigenvalue weighted by molar-refractivity contribution is -0.385. The zero-order valence-electron chi connectivity index (χ0n) is 18.7. The largest absolute Gasteiger partial charge is 0.514 e. The third-order valence-electron chi connectivity index (χ3n) is 4.43. The number of nitro groups is 1. The normalized spacial score (nSPS) is 11.7. The van der Waals surface area contributed by atoms with Gasteiger partial charge in [-0.3, -0.25) is 14.9 Å². The average Bonchev–Trinajstić information content (AvgIpc) is 2.78. The number of phenolic OH excluding ortho intramolecular Hbond substituents is 1. The number of esters is 1. The van der Waals surface area contributed by atoms with Gasteiger partial charge in [-0.15, -0.1) is 0 Å². The smallest absolute Gasteiger partial charge is 0.499 e. The number of aromatic hydroxyl groups is 1. The van der Waals surface area contributed by atoms with Crippen molar-refractivity contribution in [1.82, 2.24) is 4.90 Å². The van der Waals surface area contributed by atoms with E-state index in [1.807, 2.05) is 0 Å². The van der Waals surface area contributed by atoms with Gasteiger partial charge in [-0.05, 0) is 38.0 Å². The summed E-state index contributed by atoms with van der Waals surface area (Å²) in [6.07, 6.45) is -1.01. The summed E-state index contributed by atoms with van der Waals surface area (Å²) in [5.41, 5.74) is -1.21. The highest BCUT2D eigenvalue weighted by Gasteiger charge is 2.27. The fourth-order valence-corrected chi connectivity index (χ4v) is 2.75. The van der Waals surface area contributed by atoms with Crippen molar-refractivity contribution in [2.45, 2.75) is 39.7 Å². The molecular weight excluding hydrogens is 438 g/mol. The number of hydrogen-bond acceptors (Lipinski definition) is 10. The summed E-state index contributed by atoms with van der Waals surface area (Å²) < 4.78 is 14.3. The van der Waals surface area contributed by atoms with Crippen molar-refractivity contribution in [3.8, 4) is 17.6 Å². The number of likely N-dealkylation sites (N-methyl/N-ethyl adjacent to an activating group) is 1. The van der Waals surface area contributed by atoms with E-state index in [-0.39, 0.29) is 17.6 Å². The molecule has 1 atom stereocenters.